The average Bonchev–Trinajstić information content (AvgIpc) is 2.37. The van der Waals surface area contributed by atoms with Crippen LogP contribution in [0.5, 0.6) is 11.5 Å². The molecule has 0 amide bonds. The Kier molecular flexibility index (Phi) is 4.96. The Labute approximate surface area is 128 Å². The summed E-state index contributed by atoms with van der Waals surface area (Å²) in [6.45, 7) is 0.676. The Balaban J connectivity index is 2.36. The predicted molar refractivity (Wildman–Crippen MR) is 81.1 cm³/mol. The minimum atomic E-state index is -0.330. The van der Waals surface area contributed by atoms with E-state index in [4.69, 9.17) is 4.74 Å². The molecule has 0 aliphatic heterocycles. The molecule has 0 saturated heterocycles. The fourth-order valence-electron chi connectivity index (χ4n) is 1.63. The molecule has 0 atom stereocenters. The van der Waals surface area contributed by atoms with E-state index in [1.807, 2.05) is 25.2 Å². The first-order valence-corrected chi connectivity index (χ1v) is 7.24. The summed E-state index contributed by atoms with van der Waals surface area (Å²) in [5.74, 6) is 0.814. The summed E-state index contributed by atoms with van der Waals surface area (Å²) >= 11 is 6.76. The van der Waals surface area contributed by atoms with Crippen molar-refractivity contribution in [3.63, 3.8) is 0 Å². The second-order valence-electron chi connectivity index (χ2n) is 3.96. The maximum absolute atomic E-state index is 13.3. The van der Waals surface area contributed by atoms with Gasteiger partial charge in [0.15, 0.2) is 0 Å². The summed E-state index contributed by atoms with van der Waals surface area (Å²) in [4.78, 5) is 0. The predicted octanol–water partition coefficient (Wildman–Crippen LogP) is 4.86. The molecule has 100 valence electrons. The quantitative estimate of drug-likeness (QED) is 0.807. The van der Waals surface area contributed by atoms with Crippen LogP contribution in [0.3, 0.4) is 0 Å². The molecule has 0 aliphatic rings. The molecule has 0 bridgehead atoms. The molecule has 2 aromatic rings. The Bertz CT molecular complexity index is 590. The molecular formula is C14H12Br2FNO. The van der Waals surface area contributed by atoms with Crippen LogP contribution < -0.4 is 10.1 Å². The van der Waals surface area contributed by atoms with Crippen LogP contribution in [0, 0.1) is 5.82 Å². The van der Waals surface area contributed by atoms with Gasteiger partial charge in [-0.3, -0.25) is 0 Å². The first-order valence-electron chi connectivity index (χ1n) is 5.66. The van der Waals surface area contributed by atoms with Gasteiger partial charge in [0.25, 0.3) is 0 Å². The minimum Gasteiger partial charge on any atom is -0.456 e. The third-order valence-corrected chi connectivity index (χ3v) is 3.66. The van der Waals surface area contributed by atoms with Gasteiger partial charge in [0.1, 0.15) is 17.3 Å². The van der Waals surface area contributed by atoms with Gasteiger partial charge in [-0.15, -0.1) is 0 Å². The second-order valence-corrected chi connectivity index (χ2v) is 5.73. The van der Waals surface area contributed by atoms with Crippen molar-refractivity contribution >= 4 is 31.9 Å². The van der Waals surface area contributed by atoms with E-state index in [9.17, 15) is 4.39 Å². The summed E-state index contributed by atoms with van der Waals surface area (Å²) in [7, 11) is 1.87. The van der Waals surface area contributed by atoms with Gasteiger partial charge in [-0.1, -0.05) is 22.0 Å². The average molecular weight is 389 g/mol. The molecule has 2 rings (SSSR count). The third kappa shape index (κ3) is 3.78. The van der Waals surface area contributed by atoms with Crippen LogP contribution in [0.4, 0.5) is 4.39 Å². The Hall–Kier alpha value is -0.910. The van der Waals surface area contributed by atoms with Crippen molar-refractivity contribution in [1.29, 1.82) is 0 Å². The molecule has 19 heavy (non-hydrogen) atoms. The molecule has 0 heterocycles. The van der Waals surface area contributed by atoms with Crippen molar-refractivity contribution < 1.29 is 9.13 Å². The molecule has 0 radical (unpaired) electrons. The number of nitrogens with one attached hydrogen (secondary N) is 1. The summed E-state index contributed by atoms with van der Waals surface area (Å²) in [6, 6.07) is 10.1. The Morgan fingerprint density at radius 2 is 1.89 bits per heavy atom. The van der Waals surface area contributed by atoms with Gasteiger partial charge in [-0.25, -0.2) is 4.39 Å². The Morgan fingerprint density at radius 1 is 1.11 bits per heavy atom. The number of hydrogen-bond acceptors (Lipinski definition) is 2. The lowest BCUT2D eigenvalue weighted by molar-refractivity contribution is 0.465. The van der Waals surface area contributed by atoms with E-state index in [0.717, 1.165) is 10.0 Å². The fraction of sp³-hybridized carbons (Fsp3) is 0.143. The summed E-state index contributed by atoms with van der Waals surface area (Å²) < 4.78 is 20.7. The molecule has 0 fully saturated rings. The molecule has 0 aromatic heterocycles. The summed E-state index contributed by atoms with van der Waals surface area (Å²) in [5.41, 5.74) is 1.00. The summed E-state index contributed by atoms with van der Waals surface area (Å²) in [5, 5.41) is 3.07. The minimum absolute atomic E-state index is 0.330. The zero-order valence-electron chi connectivity index (χ0n) is 10.2. The van der Waals surface area contributed by atoms with Gasteiger partial charge in [-0.2, -0.15) is 0 Å². The molecular weight excluding hydrogens is 377 g/mol. The first kappa shape index (κ1) is 14.5. The van der Waals surface area contributed by atoms with Gasteiger partial charge in [0.2, 0.25) is 0 Å². The highest BCUT2D eigenvalue weighted by atomic mass is 79.9. The lowest BCUT2D eigenvalue weighted by Gasteiger charge is -2.12. The van der Waals surface area contributed by atoms with Crippen molar-refractivity contribution in [3.05, 3.63) is 56.7 Å². The van der Waals surface area contributed by atoms with Gasteiger partial charge in [0, 0.05) is 22.6 Å². The largest absolute Gasteiger partial charge is 0.456 e. The number of halogens is 3. The third-order valence-electron chi connectivity index (χ3n) is 2.51. The lowest BCUT2D eigenvalue weighted by atomic mass is 10.2. The smallest absolute Gasteiger partial charge is 0.144 e. The molecule has 5 heteroatoms. The monoisotopic (exact) mass is 387 g/mol. The van der Waals surface area contributed by atoms with Crippen LogP contribution in [0.15, 0.2) is 45.3 Å². The highest BCUT2D eigenvalue weighted by molar-refractivity contribution is 9.10. The molecule has 1 N–H and O–H groups in total. The zero-order chi connectivity index (χ0) is 13.8. The van der Waals surface area contributed by atoms with Gasteiger partial charge in [0.05, 0.1) is 4.47 Å². The molecule has 0 unspecified atom stereocenters. The number of ether oxygens (including phenoxy) is 1. The number of rotatable bonds is 4. The molecule has 2 aromatic carbocycles. The second kappa shape index (κ2) is 6.50. The number of benzene rings is 2. The highest BCUT2D eigenvalue weighted by Crippen LogP contribution is 2.33. The van der Waals surface area contributed by atoms with Crippen molar-refractivity contribution in [3.8, 4) is 11.5 Å². The first-order chi connectivity index (χ1) is 9.10. The van der Waals surface area contributed by atoms with E-state index in [-0.39, 0.29) is 5.82 Å². The van der Waals surface area contributed by atoms with E-state index in [0.29, 0.717) is 22.5 Å². The molecule has 2 nitrogen and oxygen atoms in total. The van der Waals surface area contributed by atoms with Crippen LogP contribution in [0.2, 0.25) is 0 Å². The van der Waals surface area contributed by atoms with Crippen LogP contribution in [-0.2, 0) is 6.54 Å². The van der Waals surface area contributed by atoms with E-state index in [2.05, 4.69) is 37.2 Å². The SMILES string of the molecule is CNCc1ccc(Br)cc1Oc1cc(F)ccc1Br. The zero-order valence-corrected chi connectivity index (χ0v) is 13.4. The molecule has 0 spiro atoms. The van der Waals surface area contributed by atoms with Crippen LogP contribution in [0.25, 0.3) is 0 Å². The Morgan fingerprint density at radius 3 is 2.63 bits per heavy atom. The van der Waals surface area contributed by atoms with E-state index in [1.54, 1.807) is 6.07 Å². The van der Waals surface area contributed by atoms with Crippen molar-refractivity contribution in [2.24, 2.45) is 0 Å². The lowest BCUT2D eigenvalue weighted by Crippen LogP contribution is -2.06. The van der Waals surface area contributed by atoms with Crippen molar-refractivity contribution in [2.75, 3.05) is 7.05 Å². The van der Waals surface area contributed by atoms with E-state index >= 15 is 0 Å². The van der Waals surface area contributed by atoms with Gasteiger partial charge >= 0.3 is 0 Å². The van der Waals surface area contributed by atoms with E-state index in [1.165, 1.54) is 12.1 Å². The van der Waals surface area contributed by atoms with Crippen LogP contribution >= 0.6 is 31.9 Å². The van der Waals surface area contributed by atoms with Crippen molar-refractivity contribution in [2.45, 2.75) is 6.54 Å². The fourth-order valence-corrected chi connectivity index (χ4v) is 2.30. The summed E-state index contributed by atoms with van der Waals surface area (Å²) in [6.07, 6.45) is 0. The van der Waals surface area contributed by atoms with Crippen LogP contribution in [0.1, 0.15) is 5.56 Å². The highest BCUT2D eigenvalue weighted by Gasteiger charge is 2.09. The number of hydrogen-bond donors (Lipinski definition) is 1. The topological polar surface area (TPSA) is 21.3 Å². The van der Waals surface area contributed by atoms with Gasteiger partial charge < -0.3 is 10.1 Å². The maximum Gasteiger partial charge on any atom is 0.144 e. The van der Waals surface area contributed by atoms with E-state index < -0.39 is 0 Å². The normalized spacial score (nSPS) is 10.5. The van der Waals surface area contributed by atoms with Crippen molar-refractivity contribution in [1.82, 2.24) is 5.32 Å². The standard InChI is InChI=1S/C14H12Br2FNO/c1-18-8-9-2-3-10(15)6-13(9)19-14-7-11(17)4-5-12(14)16/h2-7,18H,8H2,1H3. The maximum atomic E-state index is 13.3. The molecule has 0 saturated carbocycles. The van der Waals surface area contributed by atoms with Gasteiger partial charge in [-0.05, 0) is 47.2 Å². The van der Waals surface area contributed by atoms with Crippen LogP contribution in [-0.4, -0.2) is 7.05 Å². The molecule has 0 aliphatic carbocycles.